The maximum atomic E-state index is 11.6. The van der Waals surface area contributed by atoms with E-state index in [0.717, 1.165) is 0 Å². The number of aromatic nitrogens is 2. The highest BCUT2D eigenvalue weighted by molar-refractivity contribution is 9.10. The lowest BCUT2D eigenvalue weighted by atomic mass is 10.4. The molecule has 0 fully saturated rings. The van der Waals surface area contributed by atoms with Gasteiger partial charge in [0.25, 0.3) is 0 Å². The van der Waals surface area contributed by atoms with Crippen LogP contribution in [0, 0.1) is 0 Å². The number of nitrogens with zero attached hydrogens (tertiary/aromatic N) is 3. The number of halogens is 1. The molecule has 0 aliphatic rings. The van der Waals surface area contributed by atoms with E-state index in [-0.39, 0.29) is 12.5 Å². The molecule has 0 saturated carbocycles. The summed E-state index contributed by atoms with van der Waals surface area (Å²) in [4.78, 5) is 21.2. The lowest BCUT2D eigenvalue weighted by Gasteiger charge is -2.19. The average molecular weight is 318 g/mol. The van der Waals surface area contributed by atoms with Crippen LogP contribution in [0.2, 0.25) is 0 Å². The zero-order valence-corrected chi connectivity index (χ0v) is 11.9. The van der Waals surface area contributed by atoms with Crippen LogP contribution < -0.4 is 16.0 Å². The predicted molar refractivity (Wildman–Crippen MR) is 72.3 cm³/mol. The van der Waals surface area contributed by atoms with Crippen LogP contribution >= 0.6 is 15.9 Å². The SMILES string of the molecule is COCCNC(=O)CN(C)c1ncnc(N)c1Br. The molecule has 7 nitrogen and oxygen atoms in total. The number of nitrogens with two attached hydrogens (primary N) is 1. The number of hydrogen-bond donors (Lipinski definition) is 2. The van der Waals surface area contributed by atoms with Crippen molar-refractivity contribution in [2.45, 2.75) is 0 Å². The number of amides is 1. The van der Waals surface area contributed by atoms with Gasteiger partial charge in [0, 0.05) is 20.7 Å². The topological polar surface area (TPSA) is 93.4 Å². The van der Waals surface area contributed by atoms with Crippen molar-refractivity contribution in [3.63, 3.8) is 0 Å². The number of nitrogen functional groups attached to an aromatic ring is 1. The van der Waals surface area contributed by atoms with Crippen molar-refractivity contribution in [1.82, 2.24) is 15.3 Å². The van der Waals surface area contributed by atoms with Crippen LogP contribution in [0.1, 0.15) is 0 Å². The molecule has 1 heterocycles. The molecule has 0 spiro atoms. The molecule has 8 heteroatoms. The Bertz CT molecular complexity index is 415. The van der Waals surface area contributed by atoms with E-state index >= 15 is 0 Å². The van der Waals surface area contributed by atoms with Crippen LogP contribution in [0.5, 0.6) is 0 Å². The molecule has 0 unspecified atom stereocenters. The van der Waals surface area contributed by atoms with Crippen LogP contribution in [0.3, 0.4) is 0 Å². The maximum Gasteiger partial charge on any atom is 0.239 e. The molecule has 0 bridgehead atoms. The maximum absolute atomic E-state index is 11.6. The molecule has 18 heavy (non-hydrogen) atoms. The first-order valence-corrected chi connectivity index (χ1v) is 6.08. The Labute approximate surface area is 114 Å². The zero-order valence-electron chi connectivity index (χ0n) is 10.3. The van der Waals surface area contributed by atoms with Gasteiger partial charge in [-0.15, -0.1) is 0 Å². The number of nitrogens with one attached hydrogen (secondary N) is 1. The molecule has 0 saturated heterocycles. The second kappa shape index (κ2) is 7.12. The van der Waals surface area contributed by atoms with E-state index in [0.29, 0.717) is 29.3 Å². The first kappa shape index (κ1) is 14.7. The number of anilines is 2. The van der Waals surface area contributed by atoms with E-state index in [1.807, 2.05) is 0 Å². The predicted octanol–water partition coefficient (Wildman–Crippen LogP) is 0.0201. The zero-order chi connectivity index (χ0) is 13.5. The molecule has 0 aromatic carbocycles. The summed E-state index contributed by atoms with van der Waals surface area (Å²) in [6.45, 7) is 1.15. The first-order chi connectivity index (χ1) is 8.56. The number of rotatable bonds is 6. The molecule has 0 atom stereocenters. The van der Waals surface area contributed by atoms with Crippen LogP contribution in [0.15, 0.2) is 10.8 Å². The normalized spacial score (nSPS) is 10.2. The summed E-state index contributed by atoms with van der Waals surface area (Å²) in [6, 6.07) is 0. The lowest BCUT2D eigenvalue weighted by Crippen LogP contribution is -2.37. The number of hydrogen-bond acceptors (Lipinski definition) is 6. The third-order valence-electron chi connectivity index (χ3n) is 2.17. The van der Waals surface area contributed by atoms with Gasteiger partial charge in [0.2, 0.25) is 5.91 Å². The monoisotopic (exact) mass is 317 g/mol. The Morgan fingerprint density at radius 2 is 2.33 bits per heavy atom. The number of carbonyl (C=O) groups is 1. The number of likely N-dealkylation sites (N-methyl/N-ethyl adjacent to an activating group) is 1. The van der Waals surface area contributed by atoms with E-state index in [1.165, 1.54) is 6.33 Å². The Balaban J connectivity index is 2.57. The van der Waals surface area contributed by atoms with Crippen LogP contribution in [0.25, 0.3) is 0 Å². The summed E-state index contributed by atoms with van der Waals surface area (Å²) in [5.41, 5.74) is 5.65. The van der Waals surface area contributed by atoms with Crippen LogP contribution in [-0.2, 0) is 9.53 Å². The Kier molecular flexibility index (Phi) is 5.79. The molecule has 1 aromatic rings. The molecule has 0 aliphatic carbocycles. The second-order valence-corrected chi connectivity index (χ2v) is 4.39. The standard InChI is InChI=1S/C10H16BrN5O2/c1-16(5-7(17)13-3-4-18-2)10-8(11)9(12)14-6-15-10/h6H,3-5H2,1-2H3,(H,13,17)(H2,12,14,15). The van der Waals surface area contributed by atoms with E-state index in [9.17, 15) is 4.79 Å². The highest BCUT2D eigenvalue weighted by atomic mass is 79.9. The lowest BCUT2D eigenvalue weighted by molar-refractivity contribution is -0.119. The van der Waals surface area contributed by atoms with Gasteiger partial charge in [-0.2, -0.15) is 0 Å². The summed E-state index contributed by atoms with van der Waals surface area (Å²) in [5, 5.41) is 2.72. The smallest absolute Gasteiger partial charge is 0.239 e. The van der Waals surface area contributed by atoms with Crippen molar-refractivity contribution in [2.75, 3.05) is 44.5 Å². The summed E-state index contributed by atoms with van der Waals surface area (Å²) in [7, 11) is 3.33. The highest BCUT2D eigenvalue weighted by Gasteiger charge is 2.13. The number of ether oxygens (including phenoxy) is 1. The van der Waals surface area contributed by atoms with Gasteiger partial charge in [-0.1, -0.05) is 0 Å². The molecular formula is C10H16BrN5O2. The quantitative estimate of drug-likeness (QED) is 0.718. The van der Waals surface area contributed by atoms with E-state index in [4.69, 9.17) is 10.5 Å². The Morgan fingerprint density at radius 1 is 1.61 bits per heavy atom. The van der Waals surface area contributed by atoms with Crippen molar-refractivity contribution in [1.29, 1.82) is 0 Å². The largest absolute Gasteiger partial charge is 0.383 e. The van der Waals surface area contributed by atoms with Crippen molar-refractivity contribution in [3.8, 4) is 0 Å². The molecule has 1 amide bonds. The van der Waals surface area contributed by atoms with Crippen LogP contribution in [0.4, 0.5) is 11.6 Å². The van der Waals surface area contributed by atoms with E-state index in [2.05, 4.69) is 31.2 Å². The number of carbonyl (C=O) groups excluding carboxylic acids is 1. The molecule has 0 aliphatic heterocycles. The van der Waals surface area contributed by atoms with Gasteiger partial charge in [0.15, 0.2) is 0 Å². The molecule has 3 N–H and O–H groups in total. The average Bonchev–Trinajstić information content (AvgIpc) is 2.32. The number of methoxy groups -OCH3 is 1. The highest BCUT2D eigenvalue weighted by Crippen LogP contribution is 2.26. The fourth-order valence-electron chi connectivity index (χ4n) is 1.28. The van der Waals surface area contributed by atoms with Gasteiger partial charge in [-0.05, 0) is 15.9 Å². The summed E-state index contributed by atoms with van der Waals surface area (Å²) < 4.78 is 5.42. The fourth-order valence-corrected chi connectivity index (χ4v) is 1.79. The van der Waals surface area contributed by atoms with Gasteiger partial charge < -0.3 is 20.7 Å². The van der Waals surface area contributed by atoms with Crippen LogP contribution in [-0.4, -0.2) is 49.7 Å². The molecule has 1 rings (SSSR count). The Morgan fingerprint density at radius 3 is 3.00 bits per heavy atom. The Hall–Kier alpha value is -1.41. The summed E-state index contributed by atoms with van der Waals surface area (Å²) >= 11 is 3.29. The third-order valence-corrected chi connectivity index (χ3v) is 2.93. The molecule has 1 aromatic heterocycles. The van der Waals surface area contributed by atoms with Crippen molar-refractivity contribution < 1.29 is 9.53 Å². The van der Waals surface area contributed by atoms with Gasteiger partial charge >= 0.3 is 0 Å². The van der Waals surface area contributed by atoms with Crippen molar-refractivity contribution in [2.24, 2.45) is 0 Å². The summed E-state index contributed by atoms with van der Waals surface area (Å²) in [5.74, 6) is 0.801. The van der Waals surface area contributed by atoms with E-state index in [1.54, 1.807) is 19.1 Å². The van der Waals surface area contributed by atoms with Crippen molar-refractivity contribution >= 4 is 33.5 Å². The van der Waals surface area contributed by atoms with Crippen molar-refractivity contribution in [3.05, 3.63) is 10.8 Å². The van der Waals surface area contributed by atoms with Gasteiger partial charge in [0.1, 0.15) is 22.4 Å². The minimum absolute atomic E-state index is 0.112. The second-order valence-electron chi connectivity index (χ2n) is 3.60. The molecular weight excluding hydrogens is 302 g/mol. The minimum atomic E-state index is -0.112. The minimum Gasteiger partial charge on any atom is -0.383 e. The summed E-state index contributed by atoms with van der Waals surface area (Å²) in [6.07, 6.45) is 1.36. The third kappa shape index (κ3) is 4.11. The fraction of sp³-hybridized carbons (Fsp3) is 0.500. The van der Waals surface area contributed by atoms with E-state index < -0.39 is 0 Å². The first-order valence-electron chi connectivity index (χ1n) is 5.29. The van der Waals surface area contributed by atoms with Gasteiger partial charge in [-0.25, -0.2) is 9.97 Å². The van der Waals surface area contributed by atoms with Gasteiger partial charge in [-0.3, -0.25) is 4.79 Å². The molecule has 0 radical (unpaired) electrons. The van der Waals surface area contributed by atoms with Gasteiger partial charge in [0.05, 0.1) is 13.2 Å². The molecule has 100 valence electrons.